The lowest BCUT2D eigenvalue weighted by molar-refractivity contribution is -0.119. The van der Waals surface area contributed by atoms with E-state index in [2.05, 4.69) is 19.0 Å². The molecule has 1 unspecified atom stereocenters. The minimum atomic E-state index is 0.132. The molecule has 1 amide bonds. The van der Waals surface area contributed by atoms with E-state index in [0.717, 1.165) is 24.9 Å². The van der Waals surface area contributed by atoms with Gasteiger partial charge in [-0.05, 0) is 51.6 Å². The van der Waals surface area contributed by atoms with E-state index in [0.29, 0.717) is 22.5 Å². The molecule has 2 atom stereocenters. The van der Waals surface area contributed by atoms with Crippen molar-refractivity contribution in [3.05, 3.63) is 28.2 Å². The Bertz CT molecular complexity index is 519. The summed E-state index contributed by atoms with van der Waals surface area (Å²) in [6.07, 6.45) is 3.76. The summed E-state index contributed by atoms with van der Waals surface area (Å²) in [6.45, 7) is 1.90. The Hall–Kier alpha value is -0.770. The lowest BCUT2D eigenvalue weighted by Crippen LogP contribution is -2.49. The van der Waals surface area contributed by atoms with Gasteiger partial charge in [0.05, 0.1) is 16.1 Å². The molecule has 0 aromatic heterocycles. The summed E-state index contributed by atoms with van der Waals surface area (Å²) in [7, 11) is 4.15. The molecule has 0 bridgehead atoms. The maximum atomic E-state index is 12.5. The number of likely N-dealkylation sites (N-methyl/N-ethyl adjacent to an activating group) is 1. The molecular formula is C16H22Cl2N2O. The Morgan fingerprint density at radius 1 is 1.19 bits per heavy atom. The van der Waals surface area contributed by atoms with Gasteiger partial charge in [-0.2, -0.15) is 0 Å². The number of amides is 1. The molecule has 0 heterocycles. The van der Waals surface area contributed by atoms with Gasteiger partial charge in [0.25, 0.3) is 0 Å². The molecule has 2 rings (SSSR count). The van der Waals surface area contributed by atoms with Crippen LogP contribution in [0.1, 0.15) is 32.6 Å². The highest BCUT2D eigenvalue weighted by Crippen LogP contribution is 2.34. The average Bonchev–Trinajstić information content (AvgIpc) is 2.92. The minimum Gasteiger partial charge on any atom is -0.308 e. The fourth-order valence-corrected chi connectivity index (χ4v) is 3.44. The number of rotatable bonds is 4. The van der Waals surface area contributed by atoms with Gasteiger partial charge in [-0.1, -0.05) is 30.1 Å². The quantitative estimate of drug-likeness (QED) is 0.826. The van der Waals surface area contributed by atoms with Crippen molar-refractivity contribution in [2.24, 2.45) is 0 Å². The lowest BCUT2D eigenvalue weighted by atomic mass is 10.1. The monoisotopic (exact) mass is 328 g/mol. The van der Waals surface area contributed by atoms with Crippen LogP contribution in [0.4, 0.5) is 5.69 Å². The summed E-state index contributed by atoms with van der Waals surface area (Å²) in [4.78, 5) is 16.6. The number of nitrogens with zero attached hydrogens (tertiary/aromatic N) is 2. The van der Waals surface area contributed by atoms with Crippen LogP contribution in [0.25, 0.3) is 0 Å². The molecule has 1 aromatic rings. The fraction of sp³-hybridized carbons (Fsp3) is 0.562. The van der Waals surface area contributed by atoms with Crippen molar-refractivity contribution >= 4 is 34.8 Å². The maximum Gasteiger partial charge on any atom is 0.227 e. The van der Waals surface area contributed by atoms with Crippen molar-refractivity contribution in [2.45, 2.75) is 44.7 Å². The fourth-order valence-electron chi connectivity index (χ4n) is 3.15. The Balaban J connectivity index is 2.38. The maximum absolute atomic E-state index is 12.5. The number of halogens is 2. The summed E-state index contributed by atoms with van der Waals surface area (Å²) in [5.41, 5.74) is 0.843. The third-order valence-corrected chi connectivity index (χ3v) is 4.93. The van der Waals surface area contributed by atoms with Crippen molar-refractivity contribution in [3.8, 4) is 0 Å². The molecule has 1 aliphatic carbocycles. The summed E-state index contributed by atoms with van der Waals surface area (Å²) in [6, 6.07) is 6.02. The highest BCUT2D eigenvalue weighted by Gasteiger charge is 2.36. The molecule has 0 aliphatic heterocycles. The van der Waals surface area contributed by atoms with E-state index in [4.69, 9.17) is 23.2 Å². The molecule has 3 nitrogen and oxygen atoms in total. The number of hydrogen-bond donors (Lipinski definition) is 0. The SMILES string of the molecule is CCC(=O)N(c1ccc(Cl)c(Cl)c1)[C@@H]1CCCC1N(C)C. The van der Waals surface area contributed by atoms with Crippen molar-refractivity contribution in [1.29, 1.82) is 0 Å². The van der Waals surface area contributed by atoms with Crippen molar-refractivity contribution in [2.75, 3.05) is 19.0 Å². The molecule has 116 valence electrons. The molecular weight excluding hydrogens is 307 g/mol. The predicted octanol–water partition coefficient (Wildman–Crippen LogP) is 4.22. The zero-order valence-electron chi connectivity index (χ0n) is 12.8. The second kappa shape index (κ2) is 6.99. The minimum absolute atomic E-state index is 0.132. The van der Waals surface area contributed by atoms with Crippen LogP contribution in [0, 0.1) is 0 Å². The van der Waals surface area contributed by atoms with Gasteiger partial charge in [-0.3, -0.25) is 4.79 Å². The van der Waals surface area contributed by atoms with Gasteiger partial charge in [-0.25, -0.2) is 0 Å². The molecule has 0 saturated heterocycles. The third-order valence-electron chi connectivity index (χ3n) is 4.19. The van der Waals surface area contributed by atoms with Gasteiger partial charge in [0.15, 0.2) is 0 Å². The van der Waals surface area contributed by atoms with Gasteiger partial charge in [0, 0.05) is 18.2 Å². The number of benzene rings is 1. The molecule has 1 saturated carbocycles. The van der Waals surface area contributed by atoms with Gasteiger partial charge < -0.3 is 9.80 Å². The van der Waals surface area contributed by atoms with Crippen LogP contribution in [0.2, 0.25) is 10.0 Å². The Morgan fingerprint density at radius 3 is 2.43 bits per heavy atom. The molecule has 1 aliphatic rings. The van der Waals surface area contributed by atoms with E-state index in [1.165, 1.54) is 0 Å². The van der Waals surface area contributed by atoms with E-state index in [1.807, 2.05) is 17.9 Å². The third kappa shape index (κ3) is 3.53. The normalized spacial score (nSPS) is 21.8. The molecule has 0 N–H and O–H groups in total. The second-order valence-corrected chi connectivity index (χ2v) is 6.56. The van der Waals surface area contributed by atoms with Crippen LogP contribution >= 0.6 is 23.2 Å². The molecule has 0 spiro atoms. The van der Waals surface area contributed by atoms with E-state index >= 15 is 0 Å². The summed E-state index contributed by atoms with van der Waals surface area (Å²) >= 11 is 12.1. The van der Waals surface area contributed by atoms with Crippen LogP contribution in [0.5, 0.6) is 0 Å². The van der Waals surface area contributed by atoms with Gasteiger partial charge >= 0.3 is 0 Å². The standard InChI is InChI=1S/C16H22Cl2N2O/c1-4-16(21)20(11-8-9-12(17)13(18)10-11)15-7-5-6-14(15)19(2)3/h8-10,14-15H,4-7H2,1-3H3/t14?,15-/m1/s1. The topological polar surface area (TPSA) is 23.6 Å². The number of hydrogen-bond acceptors (Lipinski definition) is 2. The van der Waals surface area contributed by atoms with Crippen molar-refractivity contribution in [3.63, 3.8) is 0 Å². The first kappa shape index (κ1) is 16.6. The van der Waals surface area contributed by atoms with Crippen molar-refractivity contribution in [1.82, 2.24) is 4.90 Å². The number of carbonyl (C=O) groups excluding carboxylic acids is 1. The van der Waals surface area contributed by atoms with Gasteiger partial charge in [0.1, 0.15) is 0 Å². The van der Waals surface area contributed by atoms with Crippen LogP contribution in [-0.4, -0.2) is 37.0 Å². The van der Waals surface area contributed by atoms with Crippen LogP contribution in [-0.2, 0) is 4.79 Å². The lowest BCUT2D eigenvalue weighted by Gasteiger charge is -2.36. The average molecular weight is 329 g/mol. The van der Waals surface area contributed by atoms with E-state index in [-0.39, 0.29) is 11.9 Å². The zero-order chi connectivity index (χ0) is 15.6. The Kier molecular flexibility index (Phi) is 5.53. The number of anilines is 1. The first-order chi connectivity index (χ1) is 9.95. The van der Waals surface area contributed by atoms with Gasteiger partial charge in [-0.15, -0.1) is 0 Å². The van der Waals surface area contributed by atoms with E-state index < -0.39 is 0 Å². The molecule has 21 heavy (non-hydrogen) atoms. The van der Waals surface area contributed by atoms with Crippen LogP contribution < -0.4 is 4.90 Å². The molecule has 5 heteroatoms. The van der Waals surface area contributed by atoms with E-state index in [9.17, 15) is 4.79 Å². The second-order valence-electron chi connectivity index (χ2n) is 5.74. The number of carbonyl (C=O) groups is 1. The van der Waals surface area contributed by atoms with Crippen molar-refractivity contribution < 1.29 is 4.79 Å². The highest BCUT2D eigenvalue weighted by molar-refractivity contribution is 6.42. The Morgan fingerprint density at radius 2 is 1.86 bits per heavy atom. The Labute approximate surface area is 136 Å². The molecule has 1 aromatic carbocycles. The first-order valence-electron chi connectivity index (χ1n) is 7.39. The van der Waals surface area contributed by atoms with Crippen LogP contribution in [0.15, 0.2) is 18.2 Å². The molecule has 1 fully saturated rings. The smallest absolute Gasteiger partial charge is 0.227 e. The molecule has 0 radical (unpaired) electrons. The summed E-state index contributed by atoms with van der Waals surface area (Å²) in [5.74, 6) is 0.132. The van der Waals surface area contributed by atoms with E-state index in [1.54, 1.807) is 12.1 Å². The largest absolute Gasteiger partial charge is 0.308 e. The zero-order valence-corrected chi connectivity index (χ0v) is 14.3. The predicted molar refractivity (Wildman–Crippen MR) is 89.4 cm³/mol. The highest BCUT2D eigenvalue weighted by atomic mass is 35.5. The summed E-state index contributed by atoms with van der Waals surface area (Å²) in [5, 5.41) is 1.00. The van der Waals surface area contributed by atoms with Crippen LogP contribution in [0.3, 0.4) is 0 Å². The first-order valence-corrected chi connectivity index (χ1v) is 8.14. The van der Waals surface area contributed by atoms with Gasteiger partial charge in [0.2, 0.25) is 5.91 Å². The summed E-state index contributed by atoms with van der Waals surface area (Å²) < 4.78 is 0.